The maximum absolute atomic E-state index is 12.7. The highest BCUT2D eigenvalue weighted by molar-refractivity contribution is 5.95. The molecule has 0 spiro atoms. The number of carbonyl (C=O) groups excluding carboxylic acids is 1. The first-order chi connectivity index (χ1) is 11.7. The molecule has 0 fully saturated rings. The van der Waals surface area contributed by atoms with Crippen LogP contribution < -0.4 is 0 Å². The van der Waals surface area contributed by atoms with Crippen LogP contribution in [0.1, 0.15) is 24.2 Å². The van der Waals surface area contributed by atoms with Crippen LogP contribution in [0.25, 0.3) is 17.0 Å². The number of amides is 1. The number of benzene rings is 1. The monoisotopic (exact) mass is 317 g/mol. The Labute approximate surface area is 141 Å². The van der Waals surface area contributed by atoms with Crippen molar-refractivity contribution in [3.8, 4) is 0 Å². The highest BCUT2D eigenvalue weighted by Crippen LogP contribution is 2.26. The van der Waals surface area contributed by atoms with Crippen molar-refractivity contribution < 1.29 is 4.79 Å². The molecule has 4 heteroatoms. The van der Waals surface area contributed by atoms with E-state index in [2.05, 4.69) is 28.7 Å². The molecule has 24 heavy (non-hydrogen) atoms. The number of fused-ring (bicyclic) bond motifs is 2. The fraction of sp³-hybridized carbons (Fsp3) is 0.200. The molecule has 2 aromatic heterocycles. The van der Waals surface area contributed by atoms with Gasteiger partial charge < -0.3 is 9.47 Å². The molecule has 1 aliphatic rings. The van der Waals surface area contributed by atoms with Gasteiger partial charge in [-0.3, -0.25) is 9.78 Å². The summed E-state index contributed by atoms with van der Waals surface area (Å²) in [5.41, 5.74) is 3.15. The summed E-state index contributed by atoms with van der Waals surface area (Å²) in [5.74, 6) is 0.0517. The molecule has 0 bridgehead atoms. The van der Waals surface area contributed by atoms with Crippen LogP contribution in [0.3, 0.4) is 0 Å². The average Bonchev–Trinajstić information content (AvgIpc) is 3.09. The number of aromatic nitrogens is 2. The highest BCUT2D eigenvalue weighted by atomic mass is 16.2. The van der Waals surface area contributed by atoms with E-state index in [0.717, 1.165) is 29.6 Å². The summed E-state index contributed by atoms with van der Waals surface area (Å²) in [5, 5.41) is 1.06. The zero-order valence-corrected chi connectivity index (χ0v) is 13.6. The molecule has 0 saturated heterocycles. The molecule has 1 atom stereocenters. The number of carbonyl (C=O) groups is 1. The van der Waals surface area contributed by atoms with Crippen LogP contribution in [0.4, 0.5) is 0 Å². The van der Waals surface area contributed by atoms with Gasteiger partial charge in [0.1, 0.15) is 0 Å². The van der Waals surface area contributed by atoms with E-state index in [1.54, 1.807) is 12.3 Å². The summed E-state index contributed by atoms with van der Waals surface area (Å²) in [4.78, 5) is 18.9. The normalized spacial score (nSPS) is 17.4. The van der Waals surface area contributed by atoms with Crippen LogP contribution in [0.15, 0.2) is 60.9 Å². The van der Waals surface area contributed by atoms with Crippen molar-refractivity contribution in [2.45, 2.75) is 19.5 Å². The van der Waals surface area contributed by atoms with Crippen LogP contribution in [0.5, 0.6) is 0 Å². The third-order valence-corrected chi connectivity index (χ3v) is 4.71. The summed E-state index contributed by atoms with van der Waals surface area (Å²) in [6, 6.07) is 14.1. The van der Waals surface area contributed by atoms with Crippen molar-refractivity contribution in [2.75, 3.05) is 6.54 Å². The standard InChI is InChI=1S/C20H19N3O/c1-15-19-7-4-12-22(19)13-14-23(15)20(24)9-8-16-10-11-21-18-6-3-2-5-17(16)18/h2-12,15H,13-14H2,1H3/b9-8-/t15-/m0/s1. The Bertz CT molecular complexity index is 920. The number of pyridine rings is 1. The zero-order valence-electron chi connectivity index (χ0n) is 13.6. The SMILES string of the molecule is C[C@H]1c2cccn2CCN1C(=O)/C=C\c1ccnc2ccccc12. The maximum Gasteiger partial charge on any atom is 0.247 e. The van der Waals surface area contributed by atoms with Gasteiger partial charge in [-0.05, 0) is 42.8 Å². The zero-order chi connectivity index (χ0) is 16.5. The highest BCUT2D eigenvalue weighted by Gasteiger charge is 2.25. The second-order valence-electron chi connectivity index (χ2n) is 6.08. The largest absolute Gasteiger partial charge is 0.348 e. The summed E-state index contributed by atoms with van der Waals surface area (Å²) >= 11 is 0. The maximum atomic E-state index is 12.7. The van der Waals surface area contributed by atoms with Gasteiger partial charge in [-0.2, -0.15) is 0 Å². The van der Waals surface area contributed by atoms with Crippen molar-refractivity contribution in [1.29, 1.82) is 0 Å². The lowest BCUT2D eigenvalue weighted by molar-refractivity contribution is -0.129. The molecule has 4 rings (SSSR count). The minimum absolute atomic E-state index is 0.0517. The fourth-order valence-corrected chi connectivity index (χ4v) is 3.40. The number of hydrogen-bond donors (Lipinski definition) is 0. The van der Waals surface area contributed by atoms with Crippen LogP contribution in [-0.4, -0.2) is 26.9 Å². The molecule has 120 valence electrons. The van der Waals surface area contributed by atoms with Crippen molar-refractivity contribution >= 4 is 22.9 Å². The third kappa shape index (κ3) is 2.50. The molecule has 0 saturated carbocycles. The Morgan fingerprint density at radius 3 is 2.96 bits per heavy atom. The molecule has 0 aliphatic carbocycles. The van der Waals surface area contributed by atoms with E-state index in [0.29, 0.717) is 0 Å². The first kappa shape index (κ1) is 14.7. The van der Waals surface area contributed by atoms with E-state index in [9.17, 15) is 4.79 Å². The molecule has 0 radical (unpaired) electrons. The van der Waals surface area contributed by atoms with Gasteiger partial charge in [-0.1, -0.05) is 18.2 Å². The van der Waals surface area contributed by atoms with Crippen LogP contribution >= 0.6 is 0 Å². The predicted octanol–water partition coefficient (Wildman–Crippen LogP) is 3.65. The Balaban J connectivity index is 1.59. The van der Waals surface area contributed by atoms with Crippen LogP contribution in [0, 0.1) is 0 Å². The topological polar surface area (TPSA) is 38.1 Å². The molecule has 3 heterocycles. The van der Waals surface area contributed by atoms with E-state index in [1.165, 1.54) is 5.69 Å². The van der Waals surface area contributed by atoms with E-state index in [4.69, 9.17) is 0 Å². The van der Waals surface area contributed by atoms with Crippen LogP contribution in [-0.2, 0) is 11.3 Å². The summed E-state index contributed by atoms with van der Waals surface area (Å²) in [6.45, 7) is 3.67. The Hall–Kier alpha value is -2.88. The quantitative estimate of drug-likeness (QED) is 0.677. The van der Waals surface area contributed by atoms with Gasteiger partial charge >= 0.3 is 0 Å². The lowest BCUT2D eigenvalue weighted by Gasteiger charge is -2.34. The first-order valence-corrected chi connectivity index (χ1v) is 8.21. The molecular formula is C20H19N3O. The molecule has 4 nitrogen and oxygen atoms in total. The van der Waals surface area contributed by atoms with Gasteiger partial charge in [0.05, 0.1) is 11.6 Å². The summed E-state index contributed by atoms with van der Waals surface area (Å²) in [6.07, 6.45) is 7.43. The minimum atomic E-state index is 0.0517. The molecular weight excluding hydrogens is 298 g/mol. The smallest absolute Gasteiger partial charge is 0.247 e. The predicted molar refractivity (Wildman–Crippen MR) is 95.3 cm³/mol. The van der Waals surface area contributed by atoms with E-state index in [1.807, 2.05) is 47.4 Å². The van der Waals surface area contributed by atoms with E-state index >= 15 is 0 Å². The minimum Gasteiger partial charge on any atom is -0.348 e. The third-order valence-electron chi connectivity index (χ3n) is 4.71. The van der Waals surface area contributed by atoms with Crippen LogP contribution in [0.2, 0.25) is 0 Å². The molecule has 0 unspecified atom stereocenters. The van der Waals surface area contributed by atoms with Gasteiger partial charge in [0, 0.05) is 42.6 Å². The molecule has 1 amide bonds. The van der Waals surface area contributed by atoms with Crippen molar-refractivity contribution in [2.24, 2.45) is 0 Å². The Morgan fingerprint density at radius 1 is 1.17 bits per heavy atom. The van der Waals surface area contributed by atoms with Crippen molar-refractivity contribution in [1.82, 2.24) is 14.5 Å². The van der Waals surface area contributed by atoms with Gasteiger partial charge in [-0.15, -0.1) is 0 Å². The second-order valence-corrected chi connectivity index (χ2v) is 6.08. The molecule has 0 N–H and O–H groups in total. The van der Waals surface area contributed by atoms with Crippen molar-refractivity contribution in [3.63, 3.8) is 0 Å². The summed E-state index contributed by atoms with van der Waals surface area (Å²) in [7, 11) is 0. The molecule has 1 aromatic carbocycles. The number of hydrogen-bond acceptors (Lipinski definition) is 2. The molecule has 3 aromatic rings. The fourth-order valence-electron chi connectivity index (χ4n) is 3.40. The lowest BCUT2D eigenvalue weighted by atomic mass is 10.1. The summed E-state index contributed by atoms with van der Waals surface area (Å²) < 4.78 is 2.22. The van der Waals surface area contributed by atoms with Gasteiger partial charge in [0.25, 0.3) is 0 Å². The lowest BCUT2D eigenvalue weighted by Crippen LogP contribution is -2.39. The Kier molecular flexibility index (Phi) is 3.65. The Morgan fingerprint density at radius 2 is 2.04 bits per heavy atom. The number of para-hydroxylation sites is 1. The van der Waals surface area contributed by atoms with E-state index < -0.39 is 0 Å². The number of nitrogens with zero attached hydrogens (tertiary/aromatic N) is 3. The first-order valence-electron chi connectivity index (χ1n) is 8.21. The van der Waals surface area contributed by atoms with Crippen molar-refractivity contribution in [3.05, 3.63) is 72.2 Å². The van der Waals surface area contributed by atoms with Gasteiger partial charge in [0.15, 0.2) is 0 Å². The molecule has 1 aliphatic heterocycles. The van der Waals surface area contributed by atoms with Gasteiger partial charge in [-0.25, -0.2) is 0 Å². The number of rotatable bonds is 2. The second kappa shape index (κ2) is 5.96. The van der Waals surface area contributed by atoms with Gasteiger partial charge in [0.2, 0.25) is 5.91 Å². The van der Waals surface area contributed by atoms with E-state index in [-0.39, 0.29) is 11.9 Å². The average molecular weight is 317 g/mol.